The number of fused-ring (bicyclic) bond motifs is 1. The molecule has 0 aliphatic heterocycles. The molecule has 0 aliphatic carbocycles. The minimum atomic E-state index is 0.677. The second-order valence-corrected chi connectivity index (χ2v) is 6.08. The largest absolute Gasteiger partial charge is 0.444 e. The van der Waals surface area contributed by atoms with E-state index in [0.717, 1.165) is 29.6 Å². The van der Waals surface area contributed by atoms with Crippen LogP contribution in [-0.4, -0.2) is 11.5 Å². The number of rotatable bonds is 6. The molecule has 3 heteroatoms. The standard InChI is InChI=1S/C22H20N2O/c1-2-7-17(8-3-1)13-14-23-15-19-16-25-22(24-19)21-12-6-10-18-9-4-5-11-20(18)21/h1-12,16,23H,13-15H2. The maximum atomic E-state index is 5.72. The van der Waals surface area contributed by atoms with Gasteiger partial charge in [-0.05, 0) is 35.4 Å². The normalized spacial score (nSPS) is 11.0. The fraction of sp³-hybridized carbons (Fsp3) is 0.136. The van der Waals surface area contributed by atoms with Crippen molar-refractivity contribution in [2.45, 2.75) is 13.0 Å². The molecule has 0 saturated heterocycles. The van der Waals surface area contributed by atoms with Gasteiger partial charge in [0.25, 0.3) is 0 Å². The van der Waals surface area contributed by atoms with Crippen molar-refractivity contribution in [3.05, 3.63) is 90.3 Å². The van der Waals surface area contributed by atoms with Gasteiger partial charge in [0.1, 0.15) is 6.26 Å². The van der Waals surface area contributed by atoms with Crippen molar-refractivity contribution in [2.75, 3.05) is 6.54 Å². The molecule has 0 atom stereocenters. The number of nitrogens with zero attached hydrogens (tertiary/aromatic N) is 1. The Bertz CT molecular complexity index is 955. The van der Waals surface area contributed by atoms with Gasteiger partial charge in [-0.15, -0.1) is 0 Å². The van der Waals surface area contributed by atoms with E-state index in [1.54, 1.807) is 6.26 Å². The summed E-state index contributed by atoms with van der Waals surface area (Å²) in [7, 11) is 0. The minimum absolute atomic E-state index is 0.677. The molecule has 0 fully saturated rings. The van der Waals surface area contributed by atoms with Gasteiger partial charge < -0.3 is 9.73 Å². The van der Waals surface area contributed by atoms with Crippen LogP contribution in [0.4, 0.5) is 0 Å². The first-order valence-electron chi connectivity index (χ1n) is 8.57. The minimum Gasteiger partial charge on any atom is -0.444 e. The molecule has 0 radical (unpaired) electrons. The van der Waals surface area contributed by atoms with E-state index >= 15 is 0 Å². The molecule has 0 spiro atoms. The van der Waals surface area contributed by atoms with Gasteiger partial charge in [0.05, 0.1) is 5.69 Å². The lowest BCUT2D eigenvalue weighted by atomic mass is 10.0. The molecule has 4 rings (SSSR count). The van der Waals surface area contributed by atoms with Gasteiger partial charge in [-0.25, -0.2) is 4.98 Å². The number of nitrogens with one attached hydrogen (secondary N) is 1. The topological polar surface area (TPSA) is 38.1 Å². The van der Waals surface area contributed by atoms with E-state index in [-0.39, 0.29) is 0 Å². The number of benzene rings is 3. The van der Waals surface area contributed by atoms with Crippen molar-refractivity contribution in [2.24, 2.45) is 0 Å². The molecule has 1 aromatic heterocycles. The van der Waals surface area contributed by atoms with Crippen LogP contribution in [0.1, 0.15) is 11.3 Å². The average molecular weight is 328 g/mol. The summed E-state index contributed by atoms with van der Waals surface area (Å²) in [5, 5.41) is 5.79. The zero-order valence-corrected chi connectivity index (χ0v) is 14.0. The summed E-state index contributed by atoms with van der Waals surface area (Å²) in [6.45, 7) is 1.63. The van der Waals surface area contributed by atoms with Gasteiger partial charge in [0.2, 0.25) is 5.89 Å². The Morgan fingerprint density at radius 3 is 2.56 bits per heavy atom. The van der Waals surface area contributed by atoms with Crippen molar-refractivity contribution in [1.29, 1.82) is 0 Å². The Morgan fingerprint density at radius 2 is 1.64 bits per heavy atom. The fourth-order valence-electron chi connectivity index (χ4n) is 3.02. The van der Waals surface area contributed by atoms with E-state index < -0.39 is 0 Å². The molecule has 1 N–H and O–H groups in total. The maximum Gasteiger partial charge on any atom is 0.226 e. The van der Waals surface area contributed by atoms with Crippen molar-refractivity contribution in [1.82, 2.24) is 10.3 Å². The van der Waals surface area contributed by atoms with E-state index in [0.29, 0.717) is 12.4 Å². The van der Waals surface area contributed by atoms with Crippen molar-refractivity contribution in [3.63, 3.8) is 0 Å². The summed E-state index contributed by atoms with van der Waals surface area (Å²) in [4.78, 5) is 4.65. The Balaban J connectivity index is 1.42. The highest BCUT2D eigenvalue weighted by Gasteiger charge is 2.09. The smallest absolute Gasteiger partial charge is 0.226 e. The van der Waals surface area contributed by atoms with Gasteiger partial charge in [0.15, 0.2) is 0 Å². The molecule has 25 heavy (non-hydrogen) atoms. The summed E-state index contributed by atoms with van der Waals surface area (Å²) in [6.07, 6.45) is 2.75. The second kappa shape index (κ2) is 7.32. The number of oxazole rings is 1. The summed E-state index contributed by atoms with van der Waals surface area (Å²) in [5.74, 6) is 0.677. The molecular formula is C22H20N2O. The SMILES string of the molecule is c1ccc(CCNCc2coc(-c3cccc4ccccc34)n2)cc1. The first-order chi connectivity index (χ1) is 12.4. The molecule has 3 nitrogen and oxygen atoms in total. The highest BCUT2D eigenvalue weighted by molar-refractivity contribution is 5.94. The summed E-state index contributed by atoms with van der Waals surface area (Å²) in [5.41, 5.74) is 3.30. The third kappa shape index (κ3) is 3.62. The monoisotopic (exact) mass is 328 g/mol. The van der Waals surface area contributed by atoms with Crippen molar-refractivity contribution in [3.8, 4) is 11.5 Å². The lowest BCUT2D eigenvalue weighted by Gasteiger charge is -2.03. The molecule has 0 bridgehead atoms. The maximum absolute atomic E-state index is 5.72. The van der Waals surface area contributed by atoms with Crippen LogP contribution in [0.2, 0.25) is 0 Å². The quantitative estimate of drug-likeness (QED) is 0.515. The first kappa shape index (κ1) is 15.6. The molecule has 1 heterocycles. The highest BCUT2D eigenvalue weighted by Crippen LogP contribution is 2.27. The van der Waals surface area contributed by atoms with Crippen LogP contribution < -0.4 is 5.32 Å². The van der Waals surface area contributed by atoms with E-state index in [1.807, 2.05) is 24.3 Å². The summed E-state index contributed by atoms with van der Waals surface area (Å²) < 4.78 is 5.72. The van der Waals surface area contributed by atoms with E-state index in [1.165, 1.54) is 10.9 Å². The molecule has 0 saturated carbocycles. The van der Waals surface area contributed by atoms with E-state index in [4.69, 9.17) is 4.42 Å². The van der Waals surface area contributed by atoms with Gasteiger partial charge in [-0.3, -0.25) is 0 Å². The molecular weight excluding hydrogens is 308 g/mol. The van der Waals surface area contributed by atoms with E-state index in [2.05, 4.69) is 58.8 Å². The van der Waals surface area contributed by atoms with Crippen molar-refractivity contribution < 1.29 is 4.42 Å². The lowest BCUT2D eigenvalue weighted by molar-refractivity contribution is 0.570. The van der Waals surface area contributed by atoms with Crippen molar-refractivity contribution >= 4 is 10.8 Å². The van der Waals surface area contributed by atoms with Crippen LogP contribution in [0, 0.1) is 0 Å². The van der Waals surface area contributed by atoms with Crippen LogP contribution in [0.15, 0.2) is 83.5 Å². The molecule has 4 aromatic rings. The van der Waals surface area contributed by atoms with Gasteiger partial charge in [-0.1, -0.05) is 66.7 Å². The third-order valence-corrected chi connectivity index (χ3v) is 4.31. The van der Waals surface area contributed by atoms with E-state index in [9.17, 15) is 0 Å². The predicted molar refractivity (Wildman–Crippen MR) is 101 cm³/mol. The van der Waals surface area contributed by atoms with Gasteiger partial charge in [-0.2, -0.15) is 0 Å². The van der Waals surface area contributed by atoms with Gasteiger partial charge >= 0.3 is 0 Å². The molecule has 0 aliphatic rings. The predicted octanol–water partition coefficient (Wildman–Crippen LogP) is 4.83. The van der Waals surface area contributed by atoms with Gasteiger partial charge in [0, 0.05) is 12.1 Å². The number of hydrogen-bond donors (Lipinski definition) is 1. The zero-order chi connectivity index (χ0) is 16.9. The Kier molecular flexibility index (Phi) is 4.57. The summed E-state index contributed by atoms with van der Waals surface area (Å²) >= 11 is 0. The van der Waals surface area contributed by atoms with Crippen LogP contribution >= 0.6 is 0 Å². The number of hydrogen-bond acceptors (Lipinski definition) is 3. The Morgan fingerprint density at radius 1 is 0.840 bits per heavy atom. The average Bonchev–Trinajstić information content (AvgIpc) is 3.14. The highest BCUT2D eigenvalue weighted by atomic mass is 16.3. The third-order valence-electron chi connectivity index (χ3n) is 4.31. The molecule has 124 valence electrons. The number of aromatic nitrogens is 1. The lowest BCUT2D eigenvalue weighted by Crippen LogP contribution is -2.16. The molecule has 0 unspecified atom stereocenters. The molecule has 0 amide bonds. The van der Waals surface area contributed by atoms with Crippen LogP contribution in [0.3, 0.4) is 0 Å². The van der Waals surface area contributed by atoms with Crippen LogP contribution in [0.5, 0.6) is 0 Å². The van der Waals surface area contributed by atoms with Crippen LogP contribution in [-0.2, 0) is 13.0 Å². The zero-order valence-electron chi connectivity index (χ0n) is 14.0. The Labute approximate surface area is 147 Å². The summed E-state index contributed by atoms with van der Waals surface area (Å²) in [6, 6.07) is 25.0. The molecule has 3 aromatic carbocycles. The fourth-order valence-corrected chi connectivity index (χ4v) is 3.02. The first-order valence-corrected chi connectivity index (χ1v) is 8.57. The second-order valence-electron chi connectivity index (χ2n) is 6.08. The van der Waals surface area contributed by atoms with Crippen LogP contribution in [0.25, 0.3) is 22.2 Å². The Hall–Kier alpha value is -2.91.